The Labute approximate surface area is 272 Å². The zero-order valence-electron chi connectivity index (χ0n) is 26.1. The number of hydrogen-bond acceptors (Lipinski definition) is 7. The number of imidazole rings is 5. The quantitative estimate of drug-likeness (QED) is 0.216. The predicted molar refractivity (Wildman–Crippen MR) is 169 cm³/mol. The largest absolute Gasteiger partial charge is 0.331 e. The topological polar surface area (TPSA) is 128 Å². The molecule has 0 fully saturated rings. The van der Waals surface area contributed by atoms with Crippen molar-refractivity contribution in [3.05, 3.63) is 85.9 Å². The summed E-state index contributed by atoms with van der Waals surface area (Å²) in [5.41, 5.74) is 7.47. The number of hydrogen-bond donors (Lipinski definition) is 1. The van der Waals surface area contributed by atoms with Gasteiger partial charge in [-0.1, -0.05) is 18.9 Å². The third-order valence-electron chi connectivity index (χ3n) is 6.87. The van der Waals surface area contributed by atoms with Gasteiger partial charge in [-0.15, -0.1) is 0 Å². The molecule has 6 aromatic heterocycles. The van der Waals surface area contributed by atoms with Crippen LogP contribution in [-0.4, -0.2) is 59.3 Å². The average molecular weight is 773 g/mol. The molecule has 6 aromatic rings. The molecule has 0 aliphatic heterocycles. The first-order valence-corrected chi connectivity index (χ1v) is 14.4. The molecule has 0 aromatic carbocycles. The zero-order valence-corrected chi connectivity index (χ0v) is 28.6. The van der Waals surface area contributed by atoms with Crippen molar-refractivity contribution in [3.8, 4) is 34.8 Å². The molecule has 12 nitrogen and oxygen atoms in total. The molecule has 234 valence electrons. The predicted octanol–water partition coefficient (Wildman–Crippen LogP) is 4.41. The van der Waals surface area contributed by atoms with Gasteiger partial charge in [0.25, 0.3) is 0 Å². The number of unbranched alkanes of at least 4 members (excludes halogenated alkanes) is 3. The molecule has 0 bridgehead atoms. The van der Waals surface area contributed by atoms with Crippen LogP contribution in [0.5, 0.6) is 0 Å². The molecule has 0 unspecified atom stereocenters. The molecule has 0 aliphatic rings. The first kappa shape index (κ1) is 34.3. The number of pyridine rings is 1. The van der Waals surface area contributed by atoms with Gasteiger partial charge < -0.3 is 28.6 Å². The monoisotopic (exact) mass is 774 g/mol. The van der Waals surface area contributed by atoms with Gasteiger partial charge in [-0.3, -0.25) is 0 Å². The van der Waals surface area contributed by atoms with Crippen LogP contribution in [0.3, 0.4) is 0 Å². The Kier molecular flexibility index (Phi) is 13.4. The second-order valence-corrected chi connectivity index (χ2v) is 10.3. The van der Waals surface area contributed by atoms with Crippen LogP contribution in [0.25, 0.3) is 34.8 Å². The Balaban J connectivity index is 0.000000185. The molecule has 0 aliphatic carbocycles. The summed E-state index contributed by atoms with van der Waals surface area (Å²) in [4.78, 5) is 25.8. The van der Waals surface area contributed by atoms with Gasteiger partial charge in [-0.05, 0) is 38.4 Å². The van der Waals surface area contributed by atoms with Crippen molar-refractivity contribution < 1.29 is 19.8 Å². The molecule has 0 saturated heterocycles. The second-order valence-electron chi connectivity index (χ2n) is 10.3. The first-order chi connectivity index (χ1) is 20.9. The van der Waals surface area contributed by atoms with E-state index in [9.17, 15) is 0 Å². The molecular formula is C31H42N12Os. The fourth-order valence-corrected chi connectivity index (χ4v) is 4.49. The summed E-state index contributed by atoms with van der Waals surface area (Å²) in [6, 6.07) is 6.04. The molecule has 0 atom stereocenters. The van der Waals surface area contributed by atoms with E-state index in [1.54, 1.807) is 24.8 Å². The van der Waals surface area contributed by atoms with Crippen LogP contribution in [0.15, 0.2) is 80.2 Å². The number of nitrogens with two attached hydrogens (primary N) is 1. The summed E-state index contributed by atoms with van der Waals surface area (Å²) in [5, 5.41) is 0. The Morgan fingerprint density at radius 3 is 1.41 bits per heavy atom. The summed E-state index contributed by atoms with van der Waals surface area (Å²) in [7, 11) is 7.82. The van der Waals surface area contributed by atoms with Gasteiger partial charge in [0.1, 0.15) is 5.69 Å². The van der Waals surface area contributed by atoms with E-state index in [0.29, 0.717) is 0 Å². The van der Waals surface area contributed by atoms with Gasteiger partial charge in [0.05, 0.1) is 0 Å². The smallest absolute Gasteiger partial charge is 0.176 e. The summed E-state index contributed by atoms with van der Waals surface area (Å²) in [5.74, 6) is 4.53. The minimum absolute atomic E-state index is 0. The van der Waals surface area contributed by atoms with Gasteiger partial charge in [0.15, 0.2) is 29.1 Å². The van der Waals surface area contributed by atoms with Gasteiger partial charge in [0, 0.05) is 122 Å². The summed E-state index contributed by atoms with van der Waals surface area (Å²) < 4.78 is 9.97. The van der Waals surface area contributed by atoms with Crippen molar-refractivity contribution in [1.82, 2.24) is 52.7 Å². The van der Waals surface area contributed by atoms with E-state index in [4.69, 9.17) is 5.73 Å². The summed E-state index contributed by atoms with van der Waals surface area (Å²) in [6.45, 7) is 3.79. The fourth-order valence-electron chi connectivity index (χ4n) is 4.49. The van der Waals surface area contributed by atoms with Crippen LogP contribution >= 0.6 is 0 Å². The molecule has 13 heteroatoms. The van der Waals surface area contributed by atoms with Crippen molar-refractivity contribution in [2.75, 3.05) is 6.54 Å². The van der Waals surface area contributed by atoms with Crippen LogP contribution in [0, 0.1) is 6.92 Å². The molecule has 2 N–H and O–H groups in total. The SMILES string of the molecule is Cc1cccc(-c2nccn2CCCCCCN)n1.Cn1ccnc1-c1nccn1C.Cn1ccnc1-c1nccn1C.[Os]. The molecule has 0 saturated carbocycles. The van der Waals surface area contributed by atoms with Crippen LogP contribution in [-0.2, 0) is 54.5 Å². The third kappa shape index (κ3) is 9.15. The van der Waals surface area contributed by atoms with Crippen molar-refractivity contribution in [1.29, 1.82) is 0 Å². The number of nitrogens with zero attached hydrogens (tertiary/aromatic N) is 11. The minimum Gasteiger partial charge on any atom is -0.331 e. The fraction of sp³-hybridized carbons (Fsp3) is 0.355. The zero-order chi connectivity index (χ0) is 30.6. The molecule has 0 radical (unpaired) electrons. The summed E-state index contributed by atoms with van der Waals surface area (Å²) >= 11 is 0. The van der Waals surface area contributed by atoms with E-state index in [2.05, 4.69) is 34.5 Å². The van der Waals surface area contributed by atoms with Gasteiger partial charge in [0.2, 0.25) is 0 Å². The van der Waals surface area contributed by atoms with E-state index in [1.165, 1.54) is 12.8 Å². The van der Waals surface area contributed by atoms with E-state index in [-0.39, 0.29) is 19.8 Å². The Hall–Kier alpha value is -4.20. The van der Waals surface area contributed by atoms with E-state index in [1.807, 2.05) is 109 Å². The van der Waals surface area contributed by atoms with E-state index < -0.39 is 0 Å². The standard InChI is InChI=1S/C15H22N4.2C8H10N4.Os/c1-13-7-6-8-14(18-13)15-17-10-12-19(15)11-5-3-2-4-9-16;2*1-11-5-3-9-7(11)8-10-4-6-12(8)2;/h6-8,10,12H,2-5,9,11,16H2,1H3;2*3-6H,1-2H3;. The van der Waals surface area contributed by atoms with Gasteiger partial charge in [-0.25, -0.2) is 29.9 Å². The Morgan fingerprint density at radius 1 is 0.568 bits per heavy atom. The second kappa shape index (κ2) is 17.2. The van der Waals surface area contributed by atoms with Gasteiger partial charge in [-0.2, -0.15) is 0 Å². The Morgan fingerprint density at radius 2 is 1.00 bits per heavy atom. The van der Waals surface area contributed by atoms with Crippen molar-refractivity contribution in [3.63, 3.8) is 0 Å². The average Bonchev–Trinajstić information content (AvgIpc) is 3.83. The number of aromatic nitrogens is 11. The van der Waals surface area contributed by atoms with Crippen molar-refractivity contribution >= 4 is 0 Å². The summed E-state index contributed by atoms with van der Waals surface area (Å²) in [6.07, 6.45) is 23.3. The van der Waals surface area contributed by atoms with Crippen molar-refractivity contribution in [2.24, 2.45) is 33.9 Å². The van der Waals surface area contributed by atoms with Crippen LogP contribution in [0.1, 0.15) is 31.4 Å². The van der Waals surface area contributed by atoms with Crippen LogP contribution < -0.4 is 5.73 Å². The maximum atomic E-state index is 5.50. The van der Waals surface area contributed by atoms with E-state index >= 15 is 0 Å². The molecule has 0 spiro atoms. The van der Waals surface area contributed by atoms with Crippen LogP contribution in [0.2, 0.25) is 0 Å². The third-order valence-corrected chi connectivity index (χ3v) is 6.87. The molecular weight excluding hydrogens is 731 g/mol. The first-order valence-electron chi connectivity index (χ1n) is 14.4. The number of rotatable bonds is 9. The Bertz CT molecular complexity index is 1520. The normalized spacial score (nSPS) is 10.4. The molecule has 6 rings (SSSR count). The molecule has 44 heavy (non-hydrogen) atoms. The van der Waals surface area contributed by atoms with E-state index in [0.717, 1.165) is 66.4 Å². The minimum atomic E-state index is 0. The maximum Gasteiger partial charge on any atom is 0.176 e. The molecule has 6 heterocycles. The van der Waals surface area contributed by atoms with Crippen molar-refractivity contribution in [2.45, 2.75) is 39.2 Å². The van der Waals surface area contributed by atoms with Gasteiger partial charge >= 0.3 is 0 Å². The molecule has 0 amide bonds. The maximum absolute atomic E-state index is 5.50. The van der Waals surface area contributed by atoms with Crippen LogP contribution in [0.4, 0.5) is 0 Å². The number of aryl methyl sites for hydroxylation is 6.